The van der Waals surface area contributed by atoms with Crippen LogP contribution in [0.25, 0.3) is 0 Å². The first kappa shape index (κ1) is 15.7. The first-order valence-corrected chi connectivity index (χ1v) is 8.09. The van der Waals surface area contributed by atoms with Crippen molar-refractivity contribution in [3.63, 3.8) is 0 Å². The summed E-state index contributed by atoms with van der Waals surface area (Å²) in [4.78, 5) is 8.23. The molecular weight excluding hydrogens is 262 g/mol. The summed E-state index contributed by atoms with van der Waals surface area (Å²) < 4.78 is 11.2. The van der Waals surface area contributed by atoms with Crippen molar-refractivity contribution in [2.75, 3.05) is 35.7 Å². The Labute approximate surface area is 117 Å². The number of nitrogen functional groups attached to an aromatic ring is 1. The number of nitrogens with two attached hydrogens (primary N) is 1. The van der Waals surface area contributed by atoms with Gasteiger partial charge in [-0.3, -0.25) is 4.21 Å². The monoisotopic (exact) mass is 285 g/mol. The molecule has 0 fully saturated rings. The van der Waals surface area contributed by atoms with Crippen LogP contribution in [0.3, 0.4) is 0 Å². The minimum atomic E-state index is -0.791. The summed E-state index contributed by atoms with van der Waals surface area (Å²) in [6.45, 7) is 5.62. The SMILES string of the molecule is CCCNc1cc(NCCC(C)S(C)=O)nc(N)n1. The highest BCUT2D eigenvalue weighted by molar-refractivity contribution is 7.84. The molecule has 1 aromatic heterocycles. The summed E-state index contributed by atoms with van der Waals surface area (Å²) >= 11 is 0. The van der Waals surface area contributed by atoms with Crippen LogP contribution in [-0.2, 0) is 10.8 Å². The fourth-order valence-corrected chi connectivity index (χ4v) is 1.92. The van der Waals surface area contributed by atoms with Crippen LogP contribution in [0.1, 0.15) is 26.7 Å². The van der Waals surface area contributed by atoms with Gasteiger partial charge in [-0.2, -0.15) is 9.97 Å². The van der Waals surface area contributed by atoms with Crippen LogP contribution in [0.5, 0.6) is 0 Å². The average molecular weight is 285 g/mol. The minimum Gasteiger partial charge on any atom is -0.370 e. The van der Waals surface area contributed by atoms with Gasteiger partial charge in [0, 0.05) is 41.5 Å². The third-order valence-corrected chi connectivity index (χ3v) is 4.09. The molecule has 0 spiro atoms. The van der Waals surface area contributed by atoms with Gasteiger partial charge in [0.05, 0.1) is 0 Å². The summed E-state index contributed by atoms with van der Waals surface area (Å²) in [5, 5.41) is 6.53. The molecular formula is C12H23N5OS. The van der Waals surface area contributed by atoms with Crippen molar-refractivity contribution >= 4 is 28.4 Å². The summed E-state index contributed by atoms with van der Waals surface area (Å²) in [6, 6.07) is 1.83. The summed E-state index contributed by atoms with van der Waals surface area (Å²) in [7, 11) is -0.791. The fourth-order valence-electron chi connectivity index (χ4n) is 1.47. The van der Waals surface area contributed by atoms with Crippen molar-refractivity contribution < 1.29 is 4.21 Å². The van der Waals surface area contributed by atoms with Gasteiger partial charge in [0.15, 0.2) is 0 Å². The smallest absolute Gasteiger partial charge is 0.223 e. The molecule has 1 heterocycles. The molecule has 0 saturated carbocycles. The topological polar surface area (TPSA) is 92.9 Å². The molecule has 0 aliphatic carbocycles. The van der Waals surface area contributed by atoms with E-state index >= 15 is 0 Å². The number of hydrogen-bond donors (Lipinski definition) is 3. The van der Waals surface area contributed by atoms with E-state index in [1.807, 2.05) is 13.0 Å². The van der Waals surface area contributed by atoms with Gasteiger partial charge in [-0.25, -0.2) is 0 Å². The Morgan fingerprint density at radius 2 is 1.89 bits per heavy atom. The number of aromatic nitrogens is 2. The van der Waals surface area contributed by atoms with E-state index in [4.69, 9.17) is 5.73 Å². The van der Waals surface area contributed by atoms with E-state index in [-0.39, 0.29) is 11.2 Å². The van der Waals surface area contributed by atoms with E-state index in [0.29, 0.717) is 12.4 Å². The second kappa shape index (κ2) is 7.93. The zero-order valence-electron chi connectivity index (χ0n) is 11.8. The molecule has 108 valence electrons. The van der Waals surface area contributed by atoms with Crippen LogP contribution < -0.4 is 16.4 Å². The number of nitrogens with one attached hydrogen (secondary N) is 2. The summed E-state index contributed by atoms with van der Waals surface area (Å²) in [5.41, 5.74) is 5.66. The normalized spacial score (nSPS) is 13.8. The maximum atomic E-state index is 11.2. The molecule has 6 nitrogen and oxygen atoms in total. The van der Waals surface area contributed by atoms with Crippen LogP contribution in [-0.4, -0.2) is 38.8 Å². The molecule has 2 atom stereocenters. The second-order valence-electron chi connectivity index (χ2n) is 4.45. The molecule has 1 rings (SSSR count). The van der Waals surface area contributed by atoms with E-state index in [9.17, 15) is 4.21 Å². The quantitative estimate of drug-likeness (QED) is 0.669. The molecule has 0 radical (unpaired) electrons. The predicted molar refractivity (Wildman–Crippen MR) is 81.9 cm³/mol. The Hall–Kier alpha value is -1.37. The van der Waals surface area contributed by atoms with Crippen LogP contribution in [0, 0.1) is 0 Å². The molecule has 7 heteroatoms. The maximum Gasteiger partial charge on any atom is 0.223 e. The third-order valence-electron chi connectivity index (χ3n) is 2.72. The molecule has 2 unspecified atom stereocenters. The lowest BCUT2D eigenvalue weighted by Gasteiger charge is -2.11. The van der Waals surface area contributed by atoms with Gasteiger partial charge in [-0.1, -0.05) is 13.8 Å². The maximum absolute atomic E-state index is 11.2. The molecule has 0 amide bonds. The van der Waals surface area contributed by atoms with Crippen molar-refractivity contribution in [2.24, 2.45) is 0 Å². The largest absolute Gasteiger partial charge is 0.370 e. The number of nitrogens with zero attached hydrogens (tertiary/aromatic N) is 2. The van der Waals surface area contributed by atoms with E-state index in [1.54, 1.807) is 6.26 Å². The first-order chi connectivity index (χ1) is 9.02. The van der Waals surface area contributed by atoms with Gasteiger partial charge in [0.2, 0.25) is 5.95 Å². The Morgan fingerprint density at radius 1 is 1.32 bits per heavy atom. The lowest BCUT2D eigenvalue weighted by atomic mass is 10.3. The number of anilines is 3. The highest BCUT2D eigenvalue weighted by atomic mass is 32.2. The van der Waals surface area contributed by atoms with Crippen LogP contribution in [0.2, 0.25) is 0 Å². The standard InChI is InChI=1S/C12H23N5OS/c1-4-6-14-10-8-11(17-12(13)16-10)15-7-5-9(2)19(3)18/h8-9H,4-7H2,1-3H3,(H4,13,14,15,16,17). The molecule has 1 aromatic rings. The average Bonchev–Trinajstić information content (AvgIpc) is 2.35. The van der Waals surface area contributed by atoms with E-state index in [2.05, 4.69) is 27.5 Å². The van der Waals surface area contributed by atoms with Crippen LogP contribution >= 0.6 is 0 Å². The lowest BCUT2D eigenvalue weighted by molar-refractivity contribution is 0.672. The van der Waals surface area contributed by atoms with E-state index < -0.39 is 10.8 Å². The highest BCUT2D eigenvalue weighted by Gasteiger charge is 2.06. The van der Waals surface area contributed by atoms with E-state index in [0.717, 1.165) is 25.2 Å². The molecule has 0 aliphatic rings. The van der Waals surface area contributed by atoms with Crippen molar-refractivity contribution in [1.29, 1.82) is 0 Å². The van der Waals surface area contributed by atoms with Crippen molar-refractivity contribution in [2.45, 2.75) is 31.9 Å². The fraction of sp³-hybridized carbons (Fsp3) is 0.667. The van der Waals surface area contributed by atoms with Crippen LogP contribution in [0.4, 0.5) is 17.6 Å². The van der Waals surface area contributed by atoms with E-state index in [1.165, 1.54) is 0 Å². The van der Waals surface area contributed by atoms with Gasteiger partial charge in [-0.05, 0) is 12.8 Å². The Bertz CT molecular complexity index is 427. The van der Waals surface area contributed by atoms with Gasteiger partial charge in [-0.15, -0.1) is 0 Å². The molecule has 0 bridgehead atoms. The third kappa shape index (κ3) is 5.87. The minimum absolute atomic E-state index is 0.171. The Morgan fingerprint density at radius 3 is 2.42 bits per heavy atom. The molecule has 0 aliphatic heterocycles. The molecule has 4 N–H and O–H groups in total. The van der Waals surface area contributed by atoms with Crippen LogP contribution in [0.15, 0.2) is 6.07 Å². The summed E-state index contributed by atoms with van der Waals surface area (Å²) in [5.74, 6) is 1.67. The number of hydrogen-bond acceptors (Lipinski definition) is 6. The summed E-state index contributed by atoms with van der Waals surface area (Å²) in [6.07, 6.45) is 3.57. The van der Waals surface area contributed by atoms with Gasteiger partial charge in [0.25, 0.3) is 0 Å². The van der Waals surface area contributed by atoms with Crippen molar-refractivity contribution in [3.05, 3.63) is 6.07 Å². The zero-order valence-corrected chi connectivity index (χ0v) is 12.6. The predicted octanol–water partition coefficient (Wildman–Crippen LogP) is 1.45. The Balaban J connectivity index is 2.53. The van der Waals surface area contributed by atoms with Crippen molar-refractivity contribution in [1.82, 2.24) is 9.97 Å². The molecule has 0 saturated heterocycles. The van der Waals surface area contributed by atoms with Crippen molar-refractivity contribution in [3.8, 4) is 0 Å². The molecule has 0 aromatic carbocycles. The molecule has 19 heavy (non-hydrogen) atoms. The first-order valence-electron chi connectivity index (χ1n) is 6.47. The van der Waals surface area contributed by atoms with Gasteiger partial charge >= 0.3 is 0 Å². The highest BCUT2D eigenvalue weighted by Crippen LogP contribution is 2.12. The van der Waals surface area contributed by atoms with Gasteiger partial charge < -0.3 is 16.4 Å². The lowest BCUT2D eigenvalue weighted by Crippen LogP contribution is -2.16. The number of rotatable bonds is 8. The zero-order chi connectivity index (χ0) is 14.3. The second-order valence-corrected chi connectivity index (χ2v) is 6.25. The van der Waals surface area contributed by atoms with Gasteiger partial charge in [0.1, 0.15) is 11.6 Å². The Kier molecular flexibility index (Phi) is 6.55.